The lowest BCUT2D eigenvalue weighted by atomic mass is 10.2. The first-order valence-electron chi connectivity index (χ1n) is 6.71. The molecule has 118 valence electrons. The molecule has 1 aliphatic heterocycles. The van der Waals surface area contributed by atoms with E-state index in [4.69, 9.17) is 0 Å². The summed E-state index contributed by atoms with van der Waals surface area (Å²) in [5, 5.41) is 5.83. The standard InChI is InChI=1S/C14H12N4O3S2/c1-7-2-3-8-9(4-7)23-14(15-8)18-12(21)6-22-13-16-10(19)5-11(20)17-13/h2-4H,5-6H2,1H3,(H,15,18,21)(H,16,17,19,20). The van der Waals surface area contributed by atoms with Gasteiger partial charge in [-0.25, -0.2) is 4.98 Å². The summed E-state index contributed by atoms with van der Waals surface area (Å²) < 4.78 is 1.00. The number of amidine groups is 1. The number of aliphatic imine (C=N–C) groups is 1. The number of fused-ring (bicyclic) bond motifs is 1. The quantitative estimate of drug-likeness (QED) is 0.822. The third kappa shape index (κ3) is 3.93. The highest BCUT2D eigenvalue weighted by molar-refractivity contribution is 8.14. The van der Waals surface area contributed by atoms with Crippen LogP contribution < -0.4 is 10.6 Å². The average Bonchev–Trinajstić information content (AvgIpc) is 2.85. The first kappa shape index (κ1) is 15.6. The van der Waals surface area contributed by atoms with E-state index in [9.17, 15) is 14.4 Å². The van der Waals surface area contributed by atoms with Gasteiger partial charge in [0.25, 0.3) is 5.91 Å². The van der Waals surface area contributed by atoms with Gasteiger partial charge in [0.05, 0.1) is 16.0 Å². The van der Waals surface area contributed by atoms with Crippen molar-refractivity contribution in [2.24, 2.45) is 4.99 Å². The van der Waals surface area contributed by atoms with Crippen LogP contribution in [0.3, 0.4) is 0 Å². The van der Waals surface area contributed by atoms with Crippen LogP contribution in [0.5, 0.6) is 0 Å². The maximum Gasteiger partial charge on any atom is 0.257 e. The second kappa shape index (κ2) is 6.47. The van der Waals surface area contributed by atoms with Crippen molar-refractivity contribution in [3.63, 3.8) is 0 Å². The molecule has 23 heavy (non-hydrogen) atoms. The zero-order chi connectivity index (χ0) is 16.4. The molecule has 1 aromatic carbocycles. The van der Waals surface area contributed by atoms with E-state index in [-0.39, 0.29) is 23.2 Å². The Balaban J connectivity index is 1.60. The van der Waals surface area contributed by atoms with Gasteiger partial charge in [0, 0.05) is 0 Å². The summed E-state index contributed by atoms with van der Waals surface area (Å²) in [6, 6.07) is 5.88. The Morgan fingerprint density at radius 3 is 3.04 bits per heavy atom. The number of amides is 3. The van der Waals surface area contributed by atoms with Crippen molar-refractivity contribution >= 4 is 61.3 Å². The number of nitrogens with one attached hydrogen (secondary N) is 2. The topological polar surface area (TPSA) is 101 Å². The predicted molar refractivity (Wildman–Crippen MR) is 90.6 cm³/mol. The Morgan fingerprint density at radius 1 is 1.43 bits per heavy atom. The van der Waals surface area contributed by atoms with E-state index in [2.05, 4.69) is 20.6 Å². The third-order valence-electron chi connectivity index (χ3n) is 2.91. The molecular formula is C14H12N4O3S2. The molecule has 0 aliphatic carbocycles. The van der Waals surface area contributed by atoms with E-state index in [0.29, 0.717) is 5.13 Å². The van der Waals surface area contributed by atoms with E-state index >= 15 is 0 Å². The number of aryl methyl sites for hydroxylation is 1. The van der Waals surface area contributed by atoms with Gasteiger partial charge in [-0.1, -0.05) is 29.2 Å². The predicted octanol–water partition coefficient (Wildman–Crippen LogP) is 1.68. The number of hydrogen-bond acceptors (Lipinski definition) is 6. The lowest BCUT2D eigenvalue weighted by Crippen LogP contribution is -2.35. The lowest BCUT2D eigenvalue weighted by molar-refractivity contribution is -0.127. The summed E-state index contributed by atoms with van der Waals surface area (Å²) in [6.45, 7) is 1.99. The molecule has 0 spiro atoms. The fourth-order valence-corrected chi connectivity index (χ4v) is 3.60. The molecule has 2 heterocycles. The number of carbonyl (C=O) groups is 3. The van der Waals surface area contributed by atoms with Crippen molar-refractivity contribution in [3.05, 3.63) is 23.8 Å². The van der Waals surface area contributed by atoms with Crippen LogP contribution in [-0.2, 0) is 14.4 Å². The van der Waals surface area contributed by atoms with E-state index in [0.717, 1.165) is 27.5 Å². The largest absolute Gasteiger partial charge is 0.305 e. The van der Waals surface area contributed by atoms with Gasteiger partial charge in [-0.05, 0) is 24.6 Å². The van der Waals surface area contributed by atoms with Crippen molar-refractivity contribution in [3.8, 4) is 0 Å². The number of benzene rings is 1. The first-order valence-corrected chi connectivity index (χ1v) is 8.51. The van der Waals surface area contributed by atoms with Crippen molar-refractivity contribution in [1.29, 1.82) is 0 Å². The molecular weight excluding hydrogens is 336 g/mol. The maximum absolute atomic E-state index is 11.9. The molecule has 0 fully saturated rings. The molecule has 0 radical (unpaired) electrons. The molecule has 9 heteroatoms. The van der Waals surface area contributed by atoms with Crippen LogP contribution in [0, 0.1) is 6.92 Å². The highest BCUT2D eigenvalue weighted by Crippen LogP contribution is 2.26. The van der Waals surface area contributed by atoms with Crippen molar-refractivity contribution in [2.45, 2.75) is 13.3 Å². The van der Waals surface area contributed by atoms with Crippen molar-refractivity contribution in [1.82, 2.24) is 10.3 Å². The average molecular weight is 348 g/mol. The first-order chi connectivity index (χ1) is 11.0. The van der Waals surface area contributed by atoms with E-state index in [1.807, 2.05) is 25.1 Å². The Morgan fingerprint density at radius 2 is 2.26 bits per heavy atom. The molecule has 1 aliphatic rings. The molecule has 0 saturated heterocycles. The van der Waals surface area contributed by atoms with Gasteiger partial charge in [0.1, 0.15) is 6.42 Å². The van der Waals surface area contributed by atoms with Gasteiger partial charge in [0.15, 0.2) is 10.3 Å². The summed E-state index contributed by atoms with van der Waals surface area (Å²) in [4.78, 5) is 42.3. The summed E-state index contributed by atoms with van der Waals surface area (Å²) >= 11 is 2.40. The lowest BCUT2D eigenvalue weighted by Gasteiger charge is -2.10. The molecule has 7 nitrogen and oxygen atoms in total. The van der Waals surface area contributed by atoms with Gasteiger partial charge in [0.2, 0.25) is 11.8 Å². The minimum absolute atomic E-state index is 0.0291. The molecule has 0 atom stereocenters. The van der Waals surface area contributed by atoms with Gasteiger partial charge < -0.3 is 10.6 Å². The van der Waals surface area contributed by atoms with Crippen LogP contribution in [-0.4, -0.2) is 33.6 Å². The monoisotopic (exact) mass is 348 g/mol. The number of thioether (sulfide) groups is 1. The Labute approximate surface area is 139 Å². The van der Waals surface area contributed by atoms with Crippen molar-refractivity contribution in [2.75, 3.05) is 11.1 Å². The second-order valence-corrected chi connectivity index (χ2v) is 6.86. The van der Waals surface area contributed by atoms with Gasteiger partial charge in [-0.15, -0.1) is 0 Å². The molecule has 1 aromatic heterocycles. The number of thiazole rings is 1. The van der Waals surface area contributed by atoms with Crippen molar-refractivity contribution < 1.29 is 14.4 Å². The molecule has 2 N–H and O–H groups in total. The SMILES string of the molecule is Cc1ccc2nc(NC(=O)CSC3=NC(=O)CC(=O)N3)sc2c1. The molecule has 3 amide bonds. The fourth-order valence-electron chi connectivity index (χ4n) is 1.92. The summed E-state index contributed by atoms with van der Waals surface area (Å²) in [6.07, 6.45) is -0.249. The highest BCUT2D eigenvalue weighted by atomic mass is 32.2. The normalized spacial score (nSPS) is 14.6. The number of nitrogens with zero attached hydrogens (tertiary/aromatic N) is 2. The Kier molecular flexibility index (Phi) is 4.39. The van der Waals surface area contributed by atoms with Crippen LogP contribution >= 0.6 is 23.1 Å². The summed E-state index contributed by atoms with van der Waals surface area (Å²) in [7, 11) is 0. The number of hydrogen-bond donors (Lipinski definition) is 2. The zero-order valence-electron chi connectivity index (χ0n) is 12.1. The summed E-state index contributed by atoms with van der Waals surface area (Å²) in [5.41, 5.74) is 1.96. The second-order valence-electron chi connectivity index (χ2n) is 4.86. The van der Waals surface area contributed by atoms with Crippen LogP contribution in [0.4, 0.5) is 5.13 Å². The fraction of sp³-hybridized carbons (Fsp3) is 0.214. The smallest absolute Gasteiger partial charge is 0.257 e. The van der Waals surface area contributed by atoms with Gasteiger partial charge in [-0.2, -0.15) is 4.99 Å². The summed E-state index contributed by atoms with van der Waals surface area (Å²) in [5.74, 6) is -1.16. The molecule has 3 rings (SSSR count). The molecule has 0 saturated carbocycles. The molecule has 0 bridgehead atoms. The van der Waals surface area contributed by atoms with E-state index in [1.165, 1.54) is 11.3 Å². The minimum atomic E-state index is -0.502. The number of aromatic nitrogens is 1. The van der Waals surface area contributed by atoms with Crippen LogP contribution in [0.2, 0.25) is 0 Å². The highest BCUT2D eigenvalue weighted by Gasteiger charge is 2.19. The van der Waals surface area contributed by atoms with Crippen LogP contribution in [0.15, 0.2) is 23.2 Å². The Bertz CT molecular complexity index is 844. The van der Waals surface area contributed by atoms with Gasteiger partial charge in [-0.3, -0.25) is 14.4 Å². The number of rotatable bonds is 3. The van der Waals surface area contributed by atoms with E-state index in [1.54, 1.807) is 0 Å². The minimum Gasteiger partial charge on any atom is -0.305 e. The molecule has 0 unspecified atom stereocenters. The van der Waals surface area contributed by atoms with Crippen LogP contribution in [0.25, 0.3) is 10.2 Å². The Hall–Kier alpha value is -2.26. The van der Waals surface area contributed by atoms with E-state index < -0.39 is 11.8 Å². The molecule has 2 aromatic rings. The zero-order valence-corrected chi connectivity index (χ0v) is 13.7. The van der Waals surface area contributed by atoms with Gasteiger partial charge >= 0.3 is 0 Å². The number of anilines is 1. The van der Waals surface area contributed by atoms with Crippen LogP contribution in [0.1, 0.15) is 12.0 Å². The number of carbonyl (C=O) groups excluding carboxylic acids is 3. The maximum atomic E-state index is 11.9. The third-order valence-corrected chi connectivity index (χ3v) is 4.72.